The third kappa shape index (κ3) is 4.15. The second-order valence-corrected chi connectivity index (χ2v) is 6.73. The Morgan fingerprint density at radius 3 is 2.64 bits per heavy atom. The molecular formula is C19H16FN5O2S. The molecule has 0 radical (unpaired) electrons. The highest BCUT2D eigenvalue weighted by atomic mass is 32.2. The van der Waals surface area contributed by atoms with Crippen LogP contribution in [0.4, 0.5) is 4.39 Å². The van der Waals surface area contributed by atoms with Gasteiger partial charge in [-0.05, 0) is 24.3 Å². The molecule has 0 fully saturated rings. The van der Waals surface area contributed by atoms with Gasteiger partial charge in [-0.2, -0.15) is 0 Å². The Morgan fingerprint density at radius 1 is 1.07 bits per heavy atom. The molecule has 28 heavy (non-hydrogen) atoms. The molecule has 0 aliphatic rings. The van der Waals surface area contributed by atoms with Crippen LogP contribution < -0.4 is 10.6 Å². The molecule has 2 aromatic heterocycles. The van der Waals surface area contributed by atoms with E-state index in [0.29, 0.717) is 34.1 Å². The Balaban J connectivity index is 1.36. The highest BCUT2D eigenvalue weighted by Crippen LogP contribution is 2.25. The van der Waals surface area contributed by atoms with E-state index in [1.165, 1.54) is 40.7 Å². The van der Waals surface area contributed by atoms with Gasteiger partial charge in [-0.15, -0.1) is 10.2 Å². The number of hydrogen-bond donors (Lipinski definition) is 1. The van der Waals surface area contributed by atoms with Gasteiger partial charge < -0.3 is 15.0 Å². The molecule has 0 aliphatic heterocycles. The number of hydrogen-bond acceptors (Lipinski definition) is 7. The van der Waals surface area contributed by atoms with Crippen LogP contribution in [0.2, 0.25) is 0 Å². The zero-order valence-electron chi connectivity index (χ0n) is 14.7. The summed E-state index contributed by atoms with van der Waals surface area (Å²) in [5.41, 5.74) is 0.966. The topological polar surface area (TPSA) is 92.0 Å². The number of thioether (sulfide) groups is 1. The van der Waals surface area contributed by atoms with Gasteiger partial charge in [-0.1, -0.05) is 42.1 Å². The lowest BCUT2D eigenvalue weighted by Crippen LogP contribution is -2.15. The highest BCUT2D eigenvalue weighted by molar-refractivity contribution is 7.98. The number of ether oxygens (including phenoxy) is 1. The van der Waals surface area contributed by atoms with Crippen molar-refractivity contribution in [3.05, 3.63) is 78.3 Å². The van der Waals surface area contributed by atoms with Gasteiger partial charge >= 0.3 is 0 Å². The maximum Gasteiger partial charge on any atom is 0.210 e. The minimum Gasteiger partial charge on any atom is -0.486 e. The summed E-state index contributed by atoms with van der Waals surface area (Å²) in [5.74, 6) is 8.41. The maximum atomic E-state index is 12.9. The van der Waals surface area contributed by atoms with Crippen LogP contribution in [0.3, 0.4) is 0 Å². The summed E-state index contributed by atoms with van der Waals surface area (Å²) in [4.78, 5) is 4.29. The van der Waals surface area contributed by atoms with Crippen molar-refractivity contribution >= 4 is 11.8 Å². The van der Waals surface area contributed by atoms with Crippen LogP contribution in [0.25, 0.3) is 11.3 Å². The smallest absolute Gasteiger partial charge is 0.210 e. The lowest BCUT2D eigenvalue weighted by Gasteiger charge is -2.06. The summed E-state index contributed by atoms with van der Waals surface area (Å²) in [7, 11) is 0. The van der Waals surface area contributed by atoms with E-state index < -0.39 is 0 Å². The van der Waals surface area contributed by atoms with Crippen LogP contribution in [0, 0.1) is 5.82 Å². The molecule has 9 heteroatoms. The normalized spacial score (nSPS) is 10.9. The molecule has 4 aromatic rings. The fourth-order valence-corrected chi connectivity index (χ4v) is 3.15. The van der Waals surface area contributed by atoms with Crippen LogP contribution in [0.1, 0.15) is 11.7 Å². The van der Waals surface area contributed by atoms with Crippen molar-refractivity contribution in [1.82, 2.24) is 19.9 Å². The predicted octanol–water partition coefficient (Wildman–Crippen LogP) is 3.66. The first kappa shape index (κ1) is 18.1. The molecule has 0 saturated carbocycles. The van der Waals surface area contributed by atoms with E-state index in [2.05, 4.69) is 15.2 Å². The fourth-order valence-electron chi connectivity index (χ4n) is 2.42. The van der Waals surface area contributed by atoms with Crippen molar-refractivity contribution in [2.45, 2.75) is 17.5 Å². The van der Waals surface area contributed by atoms with E-state index in [4.69, 9.17) is 15.0 Å². The van der Waals surface area contributed by atoms with E-state index in [1.807, 2.05) is 30.3 Å². The van der Waals surface area contributed by atoms with Crippen molar-refractivity contribution in [3.63, 3.8) is 0 Å². The number of nitrogen functional groups attached to an aromatic ring is 1. The second-order valence-electron chi connectivity index (χ2n) is 5.78. The molecule has 4 rings (SSSR count). The predicted molar refractivity (Wildman–Crippen MR) is 102 cm³/mol. The molecule has 0 spiro atoms. The monoisotopic (exact) mass is 397 g/mol. The van der Waals surface area contributed by atoms with Crippen molar-refractivity contribution in [1.29, 1.82) is 0 Å². The first-order valence-corrected chi connectivity index (χ1v) is 9.38. The number of benzene rings is 2. The lowest BCUT2D eigenvalue weighted by molar-refractivity contribution is 0.291. The first-order chi connectivity index (χ1) is 13.7. The summed E-state index contributed by atoms with van der Waals surface area (Å²) in [5, 5.41) is 8.61. The second kappa shape index (κ2) is 8.13. The molecule has 2 heterocycles. The van der Waals surface area contributed by atoms with Crippen LogP contribution in [0.15, 0.2) is 70.4 Å². The fraction of sp³-hybridized carbons (Fsp3) is 0.105. The molecule has 0 atom stereocenters. The third-order valence-electron chi connectivity index (χ3n) is 3.85. The van der Waals surface area contributed by atoms with Crippen LogP contribution in [-0.2, 0) is 12.4 Å². The Morgan fingerprint density at radius 2 is 1.86 bits per heavy atom. The number of nitrogens with two attached hydrogens (primary N) is 1. The largest absolute Gasteiger partial charge is 0.486 e. The summed E-state index contributed by atoms with van der Waals surface area (Å²) in [6, 6.07) is 15.5. The van der Waals surface area contributed by atoms with E-state index >= 15 is 0 Å². The SMILES string of the molecule is Nn1c(COc2ccc(F)cc2)nnc1SCc1ncc(-c2ccccc2)o1. The standard InChI is InChI=1S/C19H16FN5O2S/c20-14-6-8-15(9-7-14)26-11-17-23-24-19(25(17)21)28-12-18-22-10-16(27-18)13-4-2-1-3-5-13/h1-10H,11-12,21H2. The molecule has 142 valence electrons. The molecular weight excluding hydrogens is 381 g/mol. The highest BCUT2D eigenvalue weighted by Gasteiger charge is 2.13. The number of rotatable bonds is 7. The van der Waals surface area contributed by atoms with Crippen LogP contribution in [0.5, 0.6) is 5.75 Å². The van der Waals surface area contributed by atoms with Gasteiger partial charge in [0.1, 0.15) is 18.2 Å². The minimum atomic E-state index is -0.324. The molecule has 2 N–H and O–H groups in total. The molecule has 7 nitrogen and oxygen atoms in total. The number of halogens is 1. The first-order valence-electron chi connectivity index (χ1n) is 8.40. The summed E-state index contributed by atoms with van der Waals surface area (Å²) >= 11 is 1.36. The van der Waals surface area contributed by atoms with Crippen LogP contribution in [-0.4, -0.2) is 19.9 Å². The number of aromatic nitrogens is 4. The Hall–Kier alpha value is -3.33. The van der Waals surface area contributed by atoms with Crippen molar-refractivity contribution in [2.75, 3.05) is 5.84 Å². The third-order valence-corrected chi connectivity index (χ3v) is 4.78. The Labute approximate surface area is 164 Å². The zero-order valence-corrected chi connectivity index (χ0v) is 15.5. The van der Waals surface area contributed by atoms with Gasteiger partial charge in [0.05, 0.1) is 11.9 Å². The van der Waals surface area contributed by atoms with Gasteiger partial charge in [-0.3, -0.25) is 0 Å². The Bertz CT molecular complexity index is 1050. The van der Waals surface area contributed by atoms with Crippen molar-refractivity contribution in [2.24, 2.45) is 0 Å². The van der Waals surface area contributed by atoms with Crippen molar-refractivity contribution < 1.29 is 13.5 Å². The van der Waals surface area contributed by atoms with Gasteiger partial charge in [0, 0.05) is 5.56 Å². The molecule has 0 saturated heterocycles. The van der Waals surface area contributed by atoms with Gasteiger partial charge in [-0.25, -0.2) is 14.1 Å². The summed E-state index contributed by atoms with van der Waals surface area (Å²) < 4.78 is 25.6. The van der Waals surface area contributed by atoms with E-state index in [-0.39, 0.29) is 12.4 Å². The molecule has 0 aliphatic carbocycles. The lowest BCUT2D eigenvalue weighted by atomic mass is 10.2. The molecule has 2 aromatic carbocycles. The molecule has 0 bridgehead atoms. The number of nitrogens with zero attached hydrogens (tertiary/aromatic N) is 4. The van der Waals surface area contributed by atoms with Gasteiger partial charge in [0.15, 0.2) is 11.6 Å². The van der Waals surface area contributed by atoms with E-state index in [9.17, 15) is 4.39 Å². The van der Waals surface area contributed by atoms with E-state index in [0.717, 1.165) is 5.56 Å². The summed E-state index contributed by atoms with van der Waals surface area (Å²) in [6.45, 7) is 0.118. The average Bonchev–Trinajstić information content (AvgIpc) is 3.34. The van der Waals surface area contributed by atoms with Crippen LogP contribution >= 0.6 is 11.8 Å². The quantitative estimate of drug-likeness (QED) is 0.376. The van der Waals surface area contributed by atoms with Gasteiger partial charge in [0.2, 0.25) is 11.0 Å². The molecule has 0 unspecified atom stereocenters. The van der Waals surface area contributed by atoms with Gasteiger partial charge in [0.25, 0.3) is 0 Å². The maximum absolute atomic E-state index is 12.9. The zero-order chi connectivity index (χ0) is 19.3. The minimum absolute atomic E-state index is 0.118. The van der Waals surface area contributed by atoms with Crippen molar-refractivity contribution in [3.8, 4) is 17.1 Å². The Kier molecular flexibility index (Phi) is 5.24. The molecule has 0 amide bonds. The average molecular weight is 397 g/mol. The van der Waals surface area contributed by atoms with E-state index in [1.54, 1.807) is 6.20 Å². The summed E-state index contributed by atoms with van der Waals surface area (Å²) in [6.07, 6.45) is 1.69. The number of oxazole rings is 1.